The SMILES string of the molecule is CC(F)=C[C@@H]1[C@H]2[C@H]3[C@H](CC[C@]2(C)C[C@@H]1O)c1ccc(O)cc1C[C@H]3c1ccccc1. The number of hydrogen-bond acceptors (Lipinski definition) is 2. The van der Waals surface area contributed by atoms with Crippen LogP contribution >= 0.6 is 0 Å². The van der Waals surface area contributed by atoms with Crippen molar-refractivity contribution in [1.82, 2.24) is 0 Å². The Morgan fingerprint density at radius 3 is 2.63 bits per heavy atom. The van der Waals surface area contributed by atoms with Crippen LogP contribution in [0.2, 0.25) is 0 Å². The Morgan fingerprint density at radius 1 is 1.13 bits per heavy atom. The number of rotatable bonds is 2. The number of phenolic OH excluding ortho intramolecular Hbond substituents is 1. The fourth-order valence-corrected chi connectivity index (χ4v) is 7.29. The van der Waals surface area contributed by atoms with E-state index in [2.05, 4.69) is 37.3 Å². The Hall–Kier alpha value is -2.13. The number of aliphatic hydroxyl groups is 1. The molecule has 2 fully saturated rings. The summed E-state index contributed by atoms with van der Waals surface area (Å²) < 4.78 is 14.1. The van der Waals surface area contributed by atoms with Gasteiger partial charge in [0.15, 0.2) is 0 Å². The van der Waals surface area contributed by atoms with Crippen LogP contribution < -0.4 is 0 Å². The van der Waals surface area contributed by atoms with Gasteiger partial charge in [-0.1, -0.05) is 43.3 Å². The van der Waals surface area contributed by atoms with Crippen molar-refractivity contribution in [3.63, 3.8) is 0 Å². The van der Waals surface area contributed by atoms with E-state index in [1.807, 2.05) is 12.1 Å². The largest absolute Gasteiger partial charge is 0.508 e. The molecule has 0 unspecified atom stereocenters. The number of aliphatic hydroxyl groups excluding tert-OH is 1. The zero-order valence-electron chi connectivity index (χ0n) is 17.8. The van der Waals surface area contributed by atoms with Crippen LogP contribution in [-0.2, 0) is 6.42 Å². The van der Waals surface area contributed by atoms with Crippen molar-refractivity contribution in [3.05, 3.63) is 77.1 Å². The van der Waals surface area contributed by atoms with Gasteiger partial charge in [-0.05, 0) is 96.6 Å². The van der Waals surface area contributed by atoms with E-state index in [4.69, 9.17) is 0 Å². The van der Waals surface area contributed by atoms with Crippen LogP contribution in [-0.4, -0.2) is 16.3 Å². The topological polar surface area (TPSA) is 40.5 Å². The molecule has 0 bridgehead atoms. The summed E-state index contributed by atoms with van der Waals surface area (Å²) in [6.45, 7) is 3.81. The van der Waals surface area contributed by atoms with Gasteiger partial charge in [0.05, 0.1) is 11.9 Å². The van der Waals surface area contributed by atoms with Crippen LogP contribution in [0.25, 0.3) is 0 Å². The lowest BCUT2D eigenvalue weighted by Crippen LogP contribution is -2.45. The lowest BCUT2D eigenvalue weighted by molar-refractivity contribution is 0.0303. The summed E-state index contributed by atoms with van der Waals surface area (Å²) in [5, 5.41) is 21.1. The average Bonchev–Trinajstić information content (AvgIpc) is 2.96. The third kappa shape index (κ3) is 3.10. The molecule has 5 rings (SSSR count). The van der Waals surface area contributed by atoms with E-state index in [-0.39, 0.29) is 23.1 Å². The summed E-state index contributed by atoms with van der Waals surface area (Å²) in [5.41, 5.74) is 3.92. The van der Waals surface area contributed by atoms with E-state index in [1.54, 1.807) is 12.1 Å². The third-order valence-corrected chi connectivity index (χ3v) is 8.33. The summed E-state index contributed by atoms with van der Waals surface area (Å²) in [4.78, 5) is 0. The first-order valence-electron chi connectivity index (χ1n) is 11.3. The van der Waals surface area contributed by atoms with E-state index in [9.17, 15) is 14.6 Å². The minimum Gasteiger partial charge on any atom is -0.508 e. The van der Waals surface area contributed by atoms with Crippen molar-refractivity contribution in [3.8, 4) is 5.75 Å². The molecular weight excluding hydrogens is 375 g/mol. The maximum Gasteiger partial charge on any atom is 0.115 e. The van der Waals surface area contributed by atoms with Crippen molar-refractivity contribution in [1.29, 1.82) is 0 Å². The zero-order chi connectivity index (χ0) is 21.0. The van der Waals surface area contributed by atoms with Crippen LogP contribution in [0, 0.1) is 23.2 Å². The molecule has 0 saturated heterocycles. The third-order valence-electron chi connectivity index (χ3n) is 8.33. The van der Waals surface area contributed by atoms with Crippen molar-refractivity contribution in [2.24, 2.45) is 23.2 Å². The first kappa shape index (κ1) is 19.8. The summed E-state index contributed by atoms with van der Waals surface area (Å²) in [7, 11) is 0. The Labute approximate surface area is 178 Å². The second kappa shape index (κ2) is 7.23. The van der Waals surface area contributed by atoms with Crippen LogP contribution in [0.3, 0.4) is 0 Å². The summed E-state index contributed by atoms with van der Waals surface area (Å²) in [6, 6.07) is 16.5. The lowest BCUT2D eigenvalue weighted by Gasteiger charge is -2.53. The van der Waals surface area contributed by atoms with E-state index >= 15 is 0 Å². The number of phenols is 1. The standard InChI is InChI=1S/C27H31FO2/c1-16(28)12-23-24(30)15-27(2)11-10-21-20-9-8-19(29)13-18(20)14-22(25(21)26(23)27)17-6-4-3-5-7-17/h3-9,12-13,21-26,29-30H,10-11,14-15H2,1-2H3/t21-,22+,23+,24+,25+,26+,27-/m1/s1. The van der Waals surface area contributed by atoms with Gasteiger partial charge in [-0.3, -0.25) is 0 Å². The van der Waals surface area contributed by atoms with E-state index in [0.717, 1.165) is 25.7 Å². The molecule has 158 valence electrons. The van der Waals surface area contributed by atoms with Gasteiger partial charge in [0.25, 0.3) is 0 Å². The predicted molar refractivity (Wildman–Crippen MR) is 117 cm³/mol. The highest BCUT2D eigenvalue weighted by molar-refractivity contribution is 5.43. The molecule has 7 atom stereocenters. The molecule has 0 aliphatic heterocycles. The Morgan fingerprint density at radius 2 is 1.90 bits per heavy atom. The molecule has 3 heteroatoms. The van der Waals surface area contributed by atoms with E-state index in [1.165, 1.54) is 23.6 Å². The van der Waals surface area contributed by atoms with Crippen LogP contribution in [0.5, 0.6) is 5.75 Å². The van der Waals surface area contributed by atoms with Crippen molar-refractivity contribution < 1.29 is 14.6 Å². The minimum absolute atomic E-state index is 0.0264. The number of allylic oxidation sites excluding steroid dienone is 1. The quantitative estimate of drug-likeness (QED) is 0.632. The Balaban J connectivity index is 1.67. The molecule has 0 spiro atoms. The van der Waals surface area contributed by atoms with E-state index < -0.39 is 6.10 Å². The van der Waals surface area contributed by atoms with Crippen LogP contribution in [0.15, 0.2) is 60.4 Å². The Kier molecular flexibility index (Phi) is 4.77. The molecule has 2 N–H and O–H groups in total. The highest BCUT2D eigenvalue weighted by atomic mass is 19.1. The van der Waals surface area contributed by atoms with Crippen LogP contribution in [0.4, 0.5) is 4.39 Å². The van der Waals surface area contributed by atoms with Gasteiger partial charge in [0.2, 0.25) is 0 Å². The summed E-state index contributed by atoms with van der Waals surface area (Å²) in [6.07, 6.45) is 4.96. The number of aromatic hydroxyl groups is 1. The predicted octanol–water partition coefficient (Wildman–Crippen LogP) is 6.10. The normalized spacial score (nSPS) is 37.9. The highest BCUT2D eigenvalue weighted by Crippen LogP contribution is 2.65. The molecule has 3 aliphatic carbocycles. The summed E-state index contributed by atoms with van der Waals surface area (Å²) >= 11 is 0. The molecule has 3 aliphatic rings. The fraction of sp³-hybridized carbons (Fsp3) is 0.481. The molecule has 0 aromatic heterocycles. The van der Waals surface area contributed by atoms with Gasteiger partial charge in [0, 0.05) is 5.92 Å². The molecule has 2 nitrogen and oxygen atoms in total. The molecule has 2 aromatic rings. The average molecular weight is 407 g/mol. The van der Waals surface area contributed by atoms with Gasteiger partial charge in [-0.2, -0.15) is 0 Å². The molecule has 0 amide bonds. The minimum atomic E-state index is -0.484. The number of benzene rings is 2. The second-order valence-electron chi connectivity index (χ2n) is 10.1. The van der Waals surface area contributed by atoms with E-state index in [0.29, 0.717) is 23.5 Å². The monoisotopic (exact) mass is 406 g/mol. The number of halogens is 1. The fourth-order valence-electron chi connectivity index (χ4n) is 7.29. The van der Waals surface area contributed by atoms with Gasteiger partial charge in [0.1, 0.15) is 5.75 Å². The number of fused-ring (bicyclic) bond motifs is 5. The molecule has 0 heterocycles. The van der Waals surface area contributed by atoms with Gasteiger partial charge >= 0.3 is 0 Å². The molecular formula is C27H31FO2. The first-order valence-corrected chi connectivity index (χ1v) is 11.3. The zero-order valence-corrected chi connectivity index (χ0v) is 17.8. The first-order chi connectivity index (χ1) is 14.4. The second-order valence-corrected chi connectivity index (χ2v) is 10.1. The molecule has 0 radical (unpaired) electrons. The van der Waals surface area contributed by atoms with Crippen molar-refractivity contribution >= 4 is 0 Å². The molecule has 2 saturated carbocycles. The van der Waals surface area contributed by atoms with Crippen LogP contribution in [0.1, 0.15) is 61.6 Å². The Bertz CT molecular complexity index is 964. The summed E-state index contributed by atoms with van der Waals surface area (Å²) in [5.74, 6) is 1.25. The molecule has 30 heavy (non-hydrogen) atoms. The molecule has 2 aromatic carbocycles. The van der Waals surface area contributed by atoms with Crippen molar-refractivity contribution in [2.45, 2.75) is 57.5 Å². The lowest BCUT2D eigenvalue weighted by atomic mass is 9.50. The maximum atomic E-state index is 14.1. The smallest absolute Gasteiger partial charge is 0.115 e. The van der Waals surface area contributed by atoms with Crippen molar-refractivity contribution in [2.75, 3.05) is 0 Å². The highest BCUT2D eigenvalue weighted by Gasteiger charge is 2.59. The van der Waals surface area contributed by atoms with Gasteiger partial charge < -0.3 is 10.2 Å². The maximum absolute atomic E-state index is 14.1. The number of hydrogen-bond donors (Lipinski definition) is 2. The van der Waals surface area contributed by atoms with Gasteiger partial charge in [-0.15, -0.1) is 0 Å². The van der Waals surface area contributed by atoms with Gasteiger partial charge in [-0.25, -0.2) is 4.39 Å².